The third-order valence-electron chi connectivity index (χ3n) is 1.50. The molecule has 0 aliphatic carbocycles. The minimum atomic E-state index is -0.522. The molecule has 5 nitrogen and oxygen atoms in total. The van der Waals surface area contributed by atoms with E-state index in [-0.39, 0.29) is 5.82 Å². The zero-order valence-electron chi connectivity index (χ0n) is 7.71. The number of pyridine rings is 1. The van der Waals surface area contributed by atoms with Gasteiger partial charge in [0.15, 0.2) is 0 Å². The smallest absolute Gasteiger partial charge is 0.370 e. The van der Waals surface area contributed by atoms with Gasteiger partial charge in [-0.05, 0) is 35.0 Å². The van der Waals surface area contributed by atoms with Crippen molar-refractivity contribution in [2.75, 3.05) is 6.61 Å². The van der Waals surface area contributed by atoms with Gasteiger partial charge in [0.25, 0.3) is 0 Å². The van der Waals surface area contributed by atoms with E-state index in [1.165, 1.54) is 18.5 Å². The molecule has 0 aliphatic rings. The van der Waals surface area contributed by atoms with E-state index in [0.717, 1.165) is 0 Å². The van der Waals surface area contributed by atoms with Crippen LogP contribution in [0.25, 0.3) is 6.08 Å². The summed E-state index contributed by atoms with van der Waals surface area (Å²) >= 11 is 0. The fourth-order valence-corrected chi connectivity index (χ4v) is 0.910. The predicted octanol–water partition coefficient (Wildman–Crippen LogP) is 2.00. The molecule has 0 spiro atoms. The second-order valence-corrected chi connectivity index (χ2v) is 2.43. The number of nitrogens with zero attached hydrogens (tertiary/aromatic N) is 2. The van der Waals surface area contributed by atoms with Gasteiger partial charge in [0.1, 0.15) is 6.20 Å². The van der Waals surface area contributed by atoms with E-state index in [4.69, 9.17) is 4.74 Å². The molecule has 0 saturated heterocycles. The number of rotatable bonds is 4. The summed E-state index contributed by atoms with van der Waals surface area (Å²) in [6.45, 7) is 2.37. The van der Waals surface area contributed by atoms with Crippen molar-refractivity contribution in [3.8, 4) is 0 Å². The first kappa shape index (κ1) is 10.2. The number of hydrogen-bond donors (Lipinski definition) is 0. The number of nitro groups is 1. The van der Waals surface area contributed by atoms with Crippen LogP contribution in [0, 0.1) is 10.1 Å². The lowest BCUT2D eigenvalue weighted by Crippen LogP contribution is -1.94. The van der Waals surface area contributed by atoms with Crippen LogP contribution in [0.3, 0.4) is 0 Å². The quantitative estimate of drug-likeness (QED) is 0.417. The van der Waals surface area contributed by atoms with Crippen LogP contribution in [-0.4, -0.2) is 16.5 Å². The predicted molar refractivity (Wildman–Crippen MR) is 51.6 cm³/mol. The molecule has 1 heterocycles. The Morgan fingerprint density at radius 2 is 2.50 bits per heavy atom. The minimum absolute atomic E-state index is 0.163. The van der Waals surface area contributed by atoms with Crippen molar-refractivity contribution in [2.45, 2.75) is 6.92 Å². The second-order valence-electron chi connectivity index (χ2n) is 2.43. The number of aromatic nitrogens is 1. The zero-order chi connectivity index (χ0) is 10.4. The Morgan fingerprint density at radius 1 is 1.71 bits per heavy atom. The summed E-state index contributed by atoms with van der Waals surface area (Å²) in [4.78, 5) is 13.7. The molecule has 0 unspecified atom stereocenters. The molecule has 0 fully saturated rings. The van der Waals surface area contributed by atoms with Crippen LogP contribution in [0.2, 0.25) is 0 Å². The highest BCUT2D eigenvalue weighted by Gasteiger charge is 2.10. The first-order chi connectivity index (χ1) is 6.75. The van der Waals surface area contributed by atoms with Crippen molar-refractivity contribution in [2.24, 2.45) is 0 Å². The Bertz CT molecular complexity index is 350. The summed E-state index contributed by atoms with van der Waals surface area (Å²) in [5, 5.41) is 10.5. The van der Waals surface area contributed by atoms with Gasteiger partial charge in [0.05, 0.1) is 18.4 Å². The van der Waals surface area contributed by atoms with E-state index in [2.05, 4.69) is 4.98 Å². The largest absolute Gasteiger partial charge is 0.501 e. The highest BCUT2D eigenvalue weighted by molar-refractivity contribution is 5.56. The van der Waals surface area contributed by atoms with Gasteiger partial charge in [-0.1, -0.05) is 0 Å². The molecule has 5 heteroatoms. The lowest BCUT2D eigenvalue weighted by molar-refractivity contribution is -0.389. The third kappa shape index (κ3) is 2.55. The lowest BCUT2D eigenvalue weighted by Gasteiger charge is -1.96. The second kappa shape index (κ2) is 4.96. The van der Waals surface area contributed by atoms with Gasteiger partial charge in [-0.15, -0.1) is 0 Å². The summed E-state index contributed by atoms with van der Waals surface area (Å²) in [6.07, 6.45) is 4.33. The van der Waals surface area contributed by atoms with Gasteiger partial charge in [-0.2, -0.15) is 0 Å². The SMILES string of the molecule is CCOC=Cc1cccnc1[N+](=O)[O-]. The van der Waals surface area contributed by atoms with Gasteiger partial charge >= 0.3 is 5.82 Å². The van der Waals surface area contributed by atoms with Gasteiger partial charge in [-0.3, -0.25) is 0 Å². The molecule has 1 rings (SSSR count). The third-order valence-corrected chi connectivity index (χ3v) is 1.50. The standard InChI is InChI=1S/C9H10N2O3/c1-2-14-7-5-8-4-3-6-10-9(8)11(12)13/h3-7H,2H2,1H3. The van der Waals surface area contributed by atoms with Crippen molar-refractivity contribution in [3.63, 3.8) is 0 Å². The molecule has 0 aliphatic heterocycles. The van der Waals surface area contributed by atoms with Crippen molar-refractivity contribution in [1.82, 2.24) is 4.98 Å². The molecule has 0 aromatic carbocycles. The molecule has 0 amide bonds. The summed E-state index contributed by atoms with van der Waals surface area (Å²) in [7, 11) is 0. The van der Waals surface area contributed by atoms with Crippen LogP contribution in [0.4, 0.5) is 5.82 Å². The molecule has 1 aromatic rings. The van der Waals surface area contributed by atoms with Crippen LogP contribution in [0.5, 0.6) is 0 Å². The van der Waals surface area contributed by atoms with E-state index < -0.39 is 4.92 Å². The van der Waals surface area contributed by atoms with E-state index >= 15 is 0 Å². The van der Waals surface area contributed by atoms with Crippen LogP contribution in [0.1, 0.15) is 12.5 Å². The molecule has 0 saturated carbocycles. The van der Waals surface area contributed by atoms with E-state index in [1.807, 2.05) is 6.92 Å². The normalized spacial score (nSPS) is 10.4. The molecule has 1 aromatic heterocycles. The van der Waals surface area contributed by atoms with Crippen LogP contribution < -0.4 is 0 Å². The summed E-state index contributed by atoms with van der Waals surface area (Å²) in [5.74, 6) is -0.163. The van der Waals surface area contributed by atoms with Crippen molar-refractivity contribution in [3.05, 3.63) is 40.3 Å². The molecular weight excluding hydrogens is 184 g/mol. The van der Waals surface area contributed by atoms with Crippen LogP contribution >= 0.6 is 0 Å². The Hall–Kier alpha value is -1.91. The molecule has 0 N–H and O–H groups in total. The lowest BCUT2D eigenvalue weighted by atomic mass is 10.2. The Morgan fingerprint density at radius 3 is 3.14 bits per heavy atom. The Kier molecular flexibility index (Phi) is 3.60. The molecule has 0 bridgehead atoms. The first-order valence-electron chi connectivity index (χ1n) is 4.13. The van der Waals surface area contributed by atoms with Crippen LogP contribution in [-0.2, 0) is 4.74 Å². The average molecular weight is 194 g/mol. The fraction of sp³-hybridized carbons (Fsp3) is 0.222. The number of ether oxygens (including phenoxy) is 1. The maximum atomic E-state index is 10.5. The fourth-order valence-electron chi connectivity index (χ4n) is 0.910. The van der Waals surface area contributed by atoms with Gasteiger partial charge < -0.3 is 14.9 Å². The maximum absolute atomic E-state index is 10.5. The molecule has 0 radical (unpaired) electrons. The van der Waals surface area contributed by atoms with Crippen molar-refractivity contribution in [1.29, 1.82) is 0 Å². The van der Waals surface area contributed by atoms with Gasteiger partial charge in [0.2, 0.25) is 0 Å². The maximum Gasteiger partial charge on any atom is 0.370 e. The van der Waals surface area contributed by atoms with Gasteiger partial charge in [-0.25, -0.2) is 0 Å². The Labute approximate surface area is 81.2 Å². The molecule has 0 atom stereocenters. The summed E-state index contributed by atoms with van der Waals surface area (Å²) in [5.41, 5.74) is 0.436. The molecular formula is C9H10N2O3. The summed E-state index contributed by atoms with van der Waals surface area (Å²) in [6, 6.07) is 3.25. The molecule has 74 valence electrons. The highest BCUT2D eigenvalue weighted by Crippen LogP contribution is 2.15. The number of hydrogen-bond acceptors (Lipinski definition) is 4. The minimum Gasteiger partial charge on any atom is -0.501 e. The molecule has 14 heavy (non-hydrogen) atoms. The van der Waals surface area contributed by atoms with Gasteiger partial charge in [0, 0.05) is 0 Å². The van der Waals surface area contributed by atoms with Crippen molar-refractivity contribution < 1.29 is 9.66 Å². The van der Waals surface area contributed by atoms with Crippen LogP contribution in [0.15, 0.2) is 24.6 Å². The van der Waals surface area contributed by atoms with Crippen molar-refractivity contribution >= 4 is 11.9 Å². The van der Waals surface area contributed by atoms with E-state index in [1.54, 1.807) is 12.1 Å². The summed E-state index contributed by atoms with van der Waals surface area (Å²) < 4.78 is 4.94. The van der Waals surface area contributed by atoms with E-state index in [0.29, 0.717) is 12.2 Å². The van der Waals surface area contributed by atoms with E-state index in [9.17, 15) is 10.1 Å². The highest BCUT2D eigenvalue weighted by atomic mass is 16.6. The topological polar surface area (TPSA) is 65.3 Å². The average Bonchev–Trinajstić information content (AvgIpc) is 2.19. The monoisotopic (exact) mass is 194 g/mol. The zero-order valence-corrected chi connectivity index (χ0v) is 7.71. The Balaban J connectivity index is 2.90. The first-order valence-corrected chi connectivity index (χ1v) is 4.13.